The number of aromatic nitrogens is 2. The zero-order chi connectivity index (χ0) is 14.8. The van der Waals surface area contributed by atoms with Crippen LogP contribution < -0.4 is 4.74 Å². The average Bonchev–Trinajstić information content (AvgIpc) is 2.87. The van der Waals surface area contributed by atoms with Gasteiger partial charge in [0, 0.05) is 0 Å². The molecule has 0 N–H and O–H groups in total. The van der Waals surface area contributed by atoms with Crippen molar-refractivity contribution in [3.8, 4) is 17.2 Å². The van der Waals surface area contributed by atoms with Gasteiger partial charge in [-0.3, -0.25) is 0 Å². The fourth-order valence-electron chi connectivity index (χ4n) is 1.31. The summed E-state index contributed by atoms with van der Waals surface area (Å²) < 4.78 is 45.9. The molecule has 5 nitrogen and oxygen atoms in total. The second kappa shape index (κ2) is 5.49. The van der Waals surface area contributed by atoms with E-state index in [9.17, 15) is 18.0 Å². The number of alkyl halides is 4. The van der Waals surface area contributed by atoms with Crippen LogP contribution in [0.4, 0.5) is 13.2 Å². The number of benzene rings is 1. The zero-order valence-electron chi connectivity index (χ0n) is 9.65. The monoisotopic (exact) mass is 306 g/mol. The third-order valence-electron chi connectivity index (χ3n) is 2.13. The third kappa shape index (κ3) is 3.08. The number of esters is 1. The largest absolute Gasteiger partial charge is 0.491 e. The van der Waals surface area contributed by atoms with E-state index in [-0.39, 0.29) is 29.0 Å². The molecule has 9 heteroatoms. The van der Waals surface area contributed by atoms with E-state index in [0.29, 0.717) is 0 Å². The lowest BCUT2D eigenvalue weighted by atomic mass is 10.2. The lowest BCUT2D eigenvalue weighted by molar-refractivity contribution is -0.189. The normalized spacial score (nSPS) is 11.4. The molecule has 0 unspecified atom stereocenters. The summed E-state index contributed by atoms with van der Waals surface area (Å²) in [5.74, 6) is -2.70. The quantitative estimate of drug-likeness (QED) is 0.495. The Morgan fingerprint density at radius 2 is 2.00 bits per heavy atom. The maximum atomic E-state index is 12.2. The molecule has 1 aromatic heterocycles. The molecule has 0 fully saturated rings. The molecule has 0 bridgehead atoms. The van der Waals surface area contributed by atoms with Crippen molar-refractivity contribution >= 4 is 17.6 Å². The number of hydrogen-bond donors (Lipinski definition) is 0. The van der Waals surface area contributed by atoms with Gasteiger partial charge in [-0.25, -0.2) is 4.79 Å². The topological polar surface area (TPSA) is 65.2 Å². The molecule has 0 radical (unpaired) electrons. The van der Waals surface area contributed by atoms with Gasteiger partial charge in [0.25, 0.3) is 5.89 Å². The third-order valence-corrected chi connectivity index (χ3v) is 2.36. The van der Waals surface area contributed by atoms with Gasteiger partial charge in [-0.15, -0.1) is 21.8 Å². The fraction of sp³-hybridized carbons (Fsp3) is 0.182. The van der Waals surface area contributed by atoms with Crippen LogP contribution in [0.5, 0.6) is 5.75 Å². The first-order valence-electron chi connectivity index (χ1n) is 5.18. The SMILES string of the molecule is O=C(Oc1ccccc1-c1nnc(CCl)o1)C(F)(F)F. The van der Waals surface area contributed by atoms with Crippen molar-refractivity contribution in [2.24, 2.45) is 0 Å². The van der Waals surface area contributed by atoms with E-state index in [1.807, 2.05) is 0 Å². The standard InChI is InChI=1S/C11H6ClF3N2O3/c12-5-8-16-17-9(20-8)6-3-1-2-4-7(6)19-10(18)11(13,14)15/h1-4H,5H2. The highest BCUT2D eigenvalue weighted by Crippen LogP contribution is 2.30. The van der Waals surface area contributed by atoms with Crippen molar-refractivity contribution in [3.05, 3.63) is 30.2 Å². The van der Waals surface area contributed by atoms with Crippen LogP contribution in [0.1, 0.15) is 5.89 Å². The van der Waals surface area contributed by atoms with Crippen molar-refractivity contribution in [1.29, 1.82) is 0 Å². The molecule has 106 valence electrons. The summed E-state index contributed by atoms with van der Waals surface area (Å²) >= 11 is 5.48. The lowest BCUT2D eigenvalue weighted by Gasteiger charge is -2.08. The van der Waals surface area contributed by atoms with Crippen molar-refractivity contribution in [2.75, 3.05) is 0 Å². The van der Waals surface area contributed by atoms with Crippen molar-refractivity contribution < 1.29 is 27.1 Å². The first-order valence-corrected chi connectivity index (χ1v) is 5.72. The summed E-state index contributed by atoms with van der Waals surface area (Å²) in [6, 6.07) is 5.49. The van der Waals surface area contributed by atoms with Crippen molar-refractivity contribution in [3.63, 3.8) is 0 Å². The molecule has 0 aliphatic carbocycles. The maximum Gasteiger partial charge on any atom is 0.491 e. The Balaban J connectivity index is 2.33. The van der Waals surface area contributed by atoms with E-state index < -0.39 is 12.1 Å². The van der Waals surface area contributed by atoms with Crippen LogP contribution in [-0.4, -0.2) is 22.3 Å². The molecule has 0 aliphatic heterocycles. The first-order chi connectivity index (χ1) is 9.41. The highest BCUT2D eigenvalue weighted by molar-refractivity contribution is 6.16. The fourth-order valence-corrected chi connectivity index (χ4v) is 1.41. The van der Waals surface area contributed by atoms with Gasteiger partial charge in [0.05, 0.1) is 5.56 Å². The Bertz CT molecular complexity index is 627. The molecule has 2 rings (SSSR count). The van der Waals surface area contributed by atoms with E-state index in [4.69, 9.17) is 16.0 Å². The Hall–Kier alpha value is -2.09. The number of ether oxygens (including phenoxy) is 1. The van der Waals surface area contributed by atoms with Gasteiger partial charge >= 0.3 is 12.1 Å². The van der Waals surface area contributed by atoms with Crippen molar-refractivity contribution in [2.45, 2.75) is 12.1 Å². The minimum absolute atomic E-state index is 0.0441. The Morgan fingerprint density at radius 3 is 2.60 bits per heavy atom. The summed E-state index contributed by atoms with van der Waals surface area (Å²) in [6.45, 7) is 0. The predicted molar refractivity (Wildman–Crippen MR) is 61.0 cm³/mol. The number of halogens is 4. The Labute approximate surface area is 115 Å². The first kappa shape index (κ1) is 14.3. The number of carbonyl (C=O) groups excluding carboxylic acids is 1. The van der Waals surface area contributed by atoms with E-state index in [1.165, 1.54) is 24.3 Å². The molecule has 0 amide bonds. The van der Waals surface area contributed by atoms with Crippen LogP contribution in [0.15, 0.2) is 28.7 Å². The molecule has 0 saturated heterocycles. The molecule has 1 heterocycles. The van der Waals surface area contributed by atoms with E-state index in [2.05, 4.69) is 14.9 Å². The van der Waals surface area contributed by atoms with Gasteiger partial charge in [-0.1, -0.05) is 12.1 Å². The van der Waals surface area contributed by atoms with E-state index in [1.54, 1.807) is 0 Å². The molecule has 0 spiro atoms. The Kier molecular flexibility index (Phi) is 3.93. The number of rotatable bonds is 3. The maximum absolute atomic E-state index is 12.2. The van der Waals surface area contributed by atoms with Gasteiger partial charge < -0.3 is 9.15 Å². The molecule has 0 saturated carbocycles. The molecular weight excluding hydrogens is 301 g/mol. The van der Waals surface area contributed by atoms with E-state index >= 15 is 0 Å². The van der Waals surface area contributed by atoms with Gasteiger partial charge in [0.2, 0.25) is 5.89 Å². The van der Waals surface area contributed by atoms with Gasteiger partial charge in [0.1, 0.15) is 11.6 Å². The van der Waals surface area contributed by atoms with Crippen molar-refractivity contribution in [1.82, 2.24) is 10.2 Å². The molecule has 0 atom stereocenters. The average molecular weight is 307 g/mol. The second-order valence-electron chi connectivity index (χ2n) is 3.52. The molecule has 0 aliphatic rings. The second-order valence-corrected chi connectivity index (χ2v) is 3.79. The minimum atomic E-state index is -5.09. The predicted octanol–water partition coefficient (Wildman–Crippen LogP) is 2.94. The lowest BCUT2D eigenvalue weighted by Crippen LogP contribution is -2.28. The number of hydrogen-bond acceptors (Lipinski definition) is 5. The Morgan fingerprint density at radius 1 is 1.30 bits per heavy atom. The zero-order valence-corrected chi connectivity index (χ0v) is 10.4. The summed E-state index contributed by atoms with van der Waals surface area (Å²) in [7, 11) is 0. The van der Waals surface area contributed by atoms with Gasteiger partial charge in [-0.05, 0) is 12.1 Å². The van der Waals surface area contributed by atoms with Crippen LogP contribution in [0, 0.1) is 0 Å². The van der Waals surface area contributed by atoms with Crippen LogP contribution in [-0.2, 0) is 10.7 Å². The minimum Gasteiger partial charge on any atom is -0.419 e. The molecule has 1 aromatic carbocycles. The summed E-state index contributed by atoms with van der Waals surface area (Å²) in [5, 5.41) is 7.18. The molecule has 2 aromatic rings. The van der Waals surface area contributed by atoms with Gasteiger partial charge in [-0.2, -0.15) is 13.2 Å². The summed E-state index contributed by atoms with van der Waals surface area (Å²) in [5.41, 5.74) is 0.0639. The number of para-hydroxylation sites is 1. The smallest absolute Gasteiger partial charge is 0.419 e. The number of carbonyl (C=O) groups is 1. The van der Waals surface area contributed by atoms with Crippen LogP contribution in [0.3, 0.4) is 0 Å². The van der Waals surface area contributed by atoms with Crippen LogP contribution in [0.2, 0.25) is 0 Å². The van der Waals surface area contributed by atoms with Crippen LogP contribution >= 0.6 is 11.6 Å². The number of nitrogens with zero attached hydrogens (tertiary/aromatic N) is 2. The highest BCUT2D eigenvalue weighted by Gasteiger charge is 2.41. The summed E-state index contributed by atoms with van der Waals surface area (Å²) in [4.78, 5) is 10.8. The van der Waals surface area contributed by atoms with E-state index in [0.717, 1.165) is 0 Å². The van der Waals surface area contributed by atoms with Crippen LogP contribution in [0.25, 0.3) is 11.5 Å². The summed E-state index contributed by atoms with van der Waals surface area (Å²) in [6.07, 6.45) is -5.09. The highest BCUT2D eigenvalue weighted by atomic mass is 35.5. The molecule has 20 heavy (non-hydrogen) atoms. The molecular formula is C11H6ClF3N2O3. The van der Waals surface area contributed by atoms with Gasteiger partial charge in [0.15, 0.2) is 0 Å².